The number of nitrogens with two attached hydrogens (primary N) is 1. The molecule has 0 spiro atoms. The lowest BCUT2D eigenvalue weighted by Crippen LogP contribution is -2.36. The average Bonchev–Trinajstić information content (AvgIpc) is 3.11. The van der Waals surface area contributed by atoms with Crippen LogP contribution in [0.5, 0.6) is 0 Å². The van der Waals surface area contributed by atoms with Crippen molar-refractivity contribution in [2.75, 3.05) is 10.7 Å². The summed E-state index contributed by atoms with van der Waals surface area (Å²) in [4.78, 5) is 20.8. The molecule has 0 saturated carbocycles. The molecule has 1 unspecified atom stereocenters. The van der Waals surface area contributed by atoms with E-state index in [1.807, 2.05) is 38.1 Å². The molecule has 1 aromatic heterocycles. The van der Waals surface area contributed by atoms with E-state index < -0.39 is 5.92 Å². The molecule has 8 heteroatoms. The lowest BCUT2D eigenvalue weighted by Gasteiger charge is -2.20. The number of nitrogen functional groups attached to an aromatic ring is 1. The van der Waals surface area contributed by atoms with Crippen molar-refractivity contribution in [3.8, 4) is 0 Å². The molecule has 2 aliphatic heterocycles. The maximum atomic E-state index is 12.3. The number of carbonyl (C=O) groups is 1. The summed E-state index contributed by atoms with van der Waals surface area (Å²) in [7, 11) is 0. The zero-order valence-electron chi connectivity index (χ0n) is 13.2. The molecular formula is C16H15N7O. The second-order valence-electron chi connectivity index (χ2n) is 5.73. The van der Waals surface area contributed by atoms with Gasteiger partial charge in [-0.25, -0.2) is 5.01 Å². The highest BCUT2D eigenvalue weighted by atomic mass is 16.1. The van der Waals surface area contributed by atoms with Gasteiger partial charge in [-0.2, -0.15) is 24.9 Å². The van der Waals surface area contributed by atoms with Crippen LogP contribution in [0.15, 0.2) is 45.4 Å². The van der Waals surface area contributed by atoms with Gasteiger partial charge in [0, 0.05) is 12.3 Å². The third-order valence-corrected chi connectivity index (χ3v) is 3.84. The summed E-state index contributed by atoms with van der Waals surface area (Å²) in [6.07, 6.45) is 1.55. The highest BCUT2D eigenvalue weighted by molar-refractivity contribution is 6.29. The smallest absolute Gasteiger partial charge is 0.265 e. The zero-order valence-corrected chi connectivity index (χ0v) is 13.2. The number of amides is 1. The normalized spacial score (nSPS) is 19.3. The number of fused-ring (bicyclic) bond motifs is 1. The molecule has 0 radical (unpaired) electrons. The number of nitrogens with zero attached hydrogens (tertiary/aromatic N) is 6. The van der Waals surface area contributed by atoms with Crippen LogP contribution >= 0.6 is 0 Å². The van der Waals surface area contributed by atoms with Gasteiger partial charge in [0.05, 0.1) is 11.4 Å². The molecule has 2 aliphatic rings. The summed E-state index contributed by atoms with van der Waals surface area (Å²) in [5, 5.41) is 10.2. The van der Waals surface area contributed by atoms with Gasteiger partial charge < -0.3 is 5.73 Å². The lowest BCUT2D eigenvalue weighted by atomic mass is 10.1. The Morgan fingerprint density at radius 3 is 2.54 bits per heavy atom. The molecule has 1 atom stereocenters. The van der Waals surface area contributed by atoms with Crippen LogP contribution in [0.25, 0.3) is 0 Å². The van der Waals surface area contributed by atoms with E-state index in [9.17, 15) is 4.79 Å². The molecule has 3 heterocycles. The van der Waals surface area contributed by atoms with Crippen LogP contribution in [0.3, 0.4) is 0 Å². The number of hydrogen-bond acceptors (Lipinski definition) is 6. The fourth-order valence-electron chi connectivity index (χ4n) is 2.64. The van der Waals surface area contributed by atoms with Crippen molar-refractivity contribution >= 4 is 35.4 Å². The van der Waals surface area contributed by atoms with E-state index in [4.69, 9.17) is 5.73 Å². The fraction of sp³-hybridized carbons (Fsp3) is 0.188. The van der Waals surface area contributed by atoms with E-state index in [0.717, 1.165) is 16.9 Å². The first-order valence-corrected chi connectivity index (χ1v) is 7.47. The molecule has 2 aromatic rings. The molecule has 0 bridgehead atoms. The van der Waals surface area contributed by atoms with Gasteiger partial charge in [-0.1, -0.05) is 17.7 Å². The van der Waals surface area contributed by atoms with Crippen molar-refractivity contribution < 1.29 is 4.79 Å². The first kappa shape index (κ1) is 14.3. The minimum atomic E-state index is -0.576. The SMILES string of the molecule is Cc1ccc(N2N=CC3C(=O)N=C(n4nc(C)cc4N)N=C32)cc1. The molecule has 1 amide bonds. The van der Waals surface area contributed by atoms with Gasteiger partial charge in [0.1, 0.15) is 11.7 Å². The Morgan fingerprint density at radius 1 is 1.12 bits per heavy atom. The standard InChI is InChI=1S/C16H15N7O/c1-9-3-5-11(6-4-9)22-14-12(8-18-22)15(24)20-16(19-14)23-13(17)7-10(2)21-23/h3-8,12H,17H2,1-2H3. The number of carbonyl (C=O) groups excluding carboxylic acids is 1. The Labute approximate surface area is 138 Å². The highest BCUT2D eigenvalue weighted by Gasteiger charge is 2.37. The molecule has 1 aromatic carbocycles. The van der Waals surface area contributed by atoms with Crippen molar-refractivity contribution in [3.63, 3.8) is 0 Å². The lowest BCUT2D eigenvalue weighted by molar-refractivity contribution is -0.118. The summed E-state index contributed by atoms with van der Waals surface area (Å²) >= 11 is 0. The number of hydrogen-bond donors (Lipinski definition) is 1. The summed E-state index contributed by atoms with van der Waals surface area (Å²) in [6.45, 7) is 3.82. The third kappa shape index (κ3) is 2.19. The molecule has 8 nitrogen and oxygen atoms in total. The summed E-state index contributed by atoms with van der Waals surface area (Å²) in [6, 6.07) is 9.52. The number of aryl methyl sites for hydroxylation is 2. The van der Waals surface area contributed by atoms with Gasteiger partial charge >= 0.3 is 0 Å². The molecule has 0 fully saturated rings. The molecule has 24 heavy (non-hydrogen) atoms. The molecule has 0 saturated heterocycles. The van der Waals surface area contributed by atoms with E-state index in [0.29, 0.717) is 11.7 Å². The predicted octanol–water partition coefficient (Wildman–Crippen LogP) is 1.35. The number of anilines is 2. The predicted molar refractivity (Wildman–Crippen MR) is 92.3 cm³/mol. The van der Waals surface area contributed by atoms with Gasteiger partial charge in [0.2, 0.25) is 0 Å². The fourth-order valence-corrected chi connectivity index (χ4v) is 2.64. The molecular weight excluding hydrogens is 306 g/mol. The summed E-state index contributed by atoms with van der Waals surface area (Å²) in [5.74, 6) is 0.123. The maximum Gasteiger partial charge on any atom is 0.265 e. The van der Waals surface area contributed by atoms with E-state index in [1.165, 1.54) is 4.68 Å². The van der Waals surface area contributed by atoms with Crippen molar-refractivity contribution in [2.45, 2.75) is 13.8 Å². The minimum Gasteiger partial charge on any atom is -0.383 e. The van der Waals surface area contributed by atoms with E-state index >= 15 is 0 Å². The second kappa shape index (κ2) is 5.12. The molecule has 0 aliphatic carbocycles. The van der Waals surface area contributed by atoms with E-state index in [1.54, 1.807) is 17.3 Å². The highest BCUT2D eigenvalue weighted by Crippen LogP contribution is 2.25. The van der Waals surface area contributed by atoms with Crippen LogP contribution in [-0.4, -0.2) is 33.7 Å². The van der Waals surface area contributed by atoms with Crippen LogP contribution in [0.2, 0.25) is 0 Å². The largest absolute Gasteiger partial charge is 0.383 e. The van der Waals surface area contributed by atoms with Gasteiger partial charge in [-0.05, 0) is 26.0 Å². The van der Waals surface area contributed by atoms with Crippen LogP contribution in [-0.2, 0) is 4.79 Å². The van der Waals surface area contributed by atoms with Crippen LogP contribution in [0, 0.1) is 19.8 Å². The van der Waals surface area contributed by atoms with Gasteiger partial charge in [-0.3, -0.25) is 4.79 Å². The topological polar surface area (TPSA) is 101 Å². The van der Waals surface area contributed by atoms with E-state index in [2.05, 4.69) is 20.2 Å². The van der Waals surface area contributed by atoms with Gasteiger partial charge in [-0.15, -0.1) is 0 Å². The van der Waals surface area contributed by atoms with E-state index in [-0.39, 0.29) is 11.9 Å². The van der Waals surface area contributed by atoms with Crippen molar-refractivity contribution in [1.82, 2.24) is 9.78 Å². The van der Waals surface area contributed by atoms with Crippen LogP contribution < -0.4 is 10.7 Å². The molecule has 4 rings (SSSR count). The number of amidine groups is 1. The van der Waals surface area contributed by atoms with Crippen LogP contribution in [0.4, 0.5) is 11.5 Å². The van der Waals surface area contributed by atoms with Crippen molar-refractivity contribution in [1.29, 1.82) is 0 Å². The number of aliphatic imine (C=N–C) groups is 2. The summed E-state index contributed by atoms with van der Waals surface area (Å²) < 4.78 is 1.36. The Bertz CT molecular complexity index is 920. The first-order valence-electron chi connectivity index (χ1n) is 7.47. The Hall–Kier alpha value is -3.29. The number of benzene rings is 1. The average molecular weight is 321 g/mol. The number of aromatic nitrogens is 2. The maximum absolute atomic E-state index is 12.3. The van der Waals surface area contributed by atoms with Gasteiger partial charge in [0.25, 0.3) is 11.9 Å². The molecule has 120 valence electrons. The van der Waals surface area contributed by atoms with Crippen molar-refractivity contribution in [3.05, 3.63) is 41.6 Å². The quantitative estimate of drug-likeness (QED) is 0.856. The zero-order chi connectivity index (χ0) is 16.8. The Balaban J connectivity index is 1.76. The van der Waals surface area contributed by atoms with Gasteiger partial charge in [0.15, 0.2) is 5.84 Å². The minimum absolute atomic E-state index is 0.152. The first-order chi connectivity index (χ1) is 11.5. The monoisotopic (exact) mass is 321 g/mol. The second-order valence-corrected chi connectivity index (χ2v) is 5.73. The number of hydrazone groups is 1. The van der Waals surface area contributed by atoms with Crippen molar-refractivity contribution in [2.24, 2.45) is 21.0 Å². The number of rotatable bonds is 1. The molecule has 2 N–H and O–H groups in total. The Kier molecular flexibility index (Phi) is 3.05. The third-order valence-electron chi connectivity index (χ3n) is 3.84. The van der Waals surface area contributed by atoms with Crippen LogP contribution in [0.1, 0.15) is 11.3 Å². The summed E-state index contributed by atoms with van der Waals surface area (Å²) in [5.41, 5.74) is 8.61. The Morgan fingerprint density at radius 2 is 1.88 bits per heavy atom.